The molecule has 1 amide bonds. The fourth-order valence-corrected chi connectivity index (χ4v) is 1.73. The second-order valence-electron chi connectivity index (χ2n) is 3.65. The largest absolute Gasteiger partial charge is 0.450 e. The van der Waals surface area contributed by atoms with Crippen molar-refractivity contribution in [3.05, 3.63) is 34.5 Å². The van der Waals surface area contributed by atoms with Gasteiger partial charge in [0.25, 0.3) is 0 Å². The first-order valence-corrected chi connectivity index (χ1v) is 5.30. The van der Waals surface area contributed by atoms with E-state index in [1.807, 2.05) is 0 Å². The highest BCUT2D eigenvalue weighted by atomic mass is 16.3. The number of nitrogens with zero attached hydrogens (tertiary/aromatic N) is 3. The molecule has 19 heavy (non-hydrogen) atoms. The molecule has 0 aliphatic rings. The van der Waals surface area contributed by atoms with Crippen molar-refractivity contribution in [1.29, 1.82) is 0 Å². The lowest BCUT2D eigenvalue weighted by Gasteiger charge is -2.04. The molecule has 0 aliphatic heterocycles. The normalized spacial score (nSPS) is 10.5. The lowest BCUT2D eigenvalue weighted by atomic mass is 10.2. The van der Waals surface area contributed by atoms with Crippen LogP contribution in [-0.2, 0) is 4.79 Å². The van der Waals surface area contributed by atoms with E-state index in [1.54, 1.807) is 18.2 Å². The van der Waals surface area contributed by atoms with E-state index in [9.17, 15) is 9.59 Å². The maximum absolute atomic E-state index is 12.0. The molecule has 0 unspecified atom stereocenters. The molecule has 0 saturated heterocycles. The van der Waals surface area contributed by atoms with E-state index < -0.39 is 0 Å². The second kappa shape index (κ2) is 4.33. The molecule has 0 bridgehead atoms. The molecule has 0 spiro atoms. The van der Waals surface area contributed by atoms with E-state index in [2.05, 4.69) is 25.9 Å². The van der Waals surface area contributed by atoms with Crippen LogP contribution >= 0.6 is 0 Å². The quantitative estimate of drug-likeness (QED) is 0.662. The summed E-state index contributed by atoms with van der Waals surface area (Å²) in [5.74, 6) is 0.339. The number of H-pyrrole nitrogens is 1. The lowest BCUT2D eigenvalue weighted by molar-refractivity contribution is -0.105. The van der Waals surface area contributed by atoms with E-state index in [0.717, 1.165) is 0 Å². The zero-order chi connectivity index (χ0) is 13.2. The van der Waals surface area contributed by atoms with Gasteiger partial charge in [-0.25, -0.2) is 0 Å². The average Bonchev–Trinajstić information content (AvgIpc) is 2.94. The predicted octanol–water partition coefficient (Wildman–Crippen LogP) is 0.541. The van der Waals surface area contributed by atoms with Gasteiger partial charge in [-0.05, 0) is 17.3 Å². The SMILES string of the molecule is O=CNc1cccc2c(=O)cc(-c3nn[nH]n3)oc12. The van der Waals surface area contributed by atoms with Crippen LogP contribution in [0.25, 0.3) is 22.6 Å². The minimum atomic E-state index is -0.254. The molecule has 0 radical (unpaired) electrons. The third-order valence-corrected chi connectivity index (χ3v) is 2.53. The lowest BCUT2D eigenvalue weighted by Crippen LogP contribution is -2.03. The number of hydrogen-bond acceptors (Lipinski definition) is 6. The highest BCUT2D eigenvalue weighted by Crippen LogP contribution is 2.24. The third-order valence-electron chi connectivity index (χ3n) is 2.53. The molecular formula is C11H7N5O3. The van der Waals surface area contributed by atoms with Crippen LogP contribution in [0.15, 0.2) is 33.5 Å². The smallest absolute Gasteiger partial charge is 0.239 e. The highest BCUT2D eigenvalue weighted by Gasteiger charge is 2.12. The molecule has 94 valence electrons. The monoisotopic (exact) mass is 257 g/mol. The van der Waals surface area contributed by atoms with Gasteiger partial charge in [-0.2, -0.15) is 5.21 Å². The van der Waals surface area contributed by atoms with E-state index >= 15 is 0 Å². The van der Waals surface area contributed by atoms with Crippen molar-refractivity contribution in [2.45, 2.75) is 0 Å². The molecule has 8 nitrogen and oxygen atoms in total. The number of benzene rings is 1. The first kappa shape index (κ1) is 11.1. The van der Waals surface area contributed by atoms with Gasteiger partial charge >= 0.3 is 0 Å². The predicted molar refractivity (Wildman–Crippen MR) is 65.3 cm³/mol. The Kier molecular flexibility index (Phi) is 2.53. The molecule has 2 heterocycles. The molecule has 0 aliphatic carbocycles. The number of tetrazole rings is 1. The fraction of sp³-hybridized carbons (Fsp3) is 0. The summed E-state index contributed by atoms with van der Waals surface area (Å²) in [6, 6.07) is 6.16. The van der Waals surface area contributed by atoms with E-state index in [4.69, 9.17) is 4.42 Å². The summed E-state index contributed by atoms with van der Waals surface area (Å²) in [4.78, 5) is 22.5. The van der Waals surface area contributed by atoms with Crippen LogP contribution in [0.5, 0.6) is 0 Å². The Labute approximate surface area is 105 Å². The van der Waals surface area contributed by atoms with Crippen LogP contribution in [0, 0.1) is 0 Å². The summed E-state index contributed by atoms with van der Waals surface area (Å²) in [7, 11) is 0. The Morgan fingerprint density at radius 1 is 1.37 bits per heavy atom. The number of carbonyl (C=O) groups excluding carboxylic acids is 1. The van der Waals surface area contributed by atoms with Crippen LogP contribution in [0.2, 0.25) is 0 Å². The maximum Gasteiger partial charge on any atom is 0.239 e. The Morgan fingerprint density at radius 3 is 3.00 bits per heavy atom. The van der Waals surface area contributed by atoms with E-state index in [0.29, 0.717) is 17.5 Å². The number of aromatic nitrogens is 4. The zero-order valence-corrected chi connectivity index (χ0v) is 9.45. The van der Waals surface area contributed by atoms with Crippen molar-refractivity contribution in [2.75, 3.05) is 5.32 Å². The van der Waals surface area contributed by atoms with Crippen molar-refractivity contribution in [3.63, 3.8) is 0 Å². The molecule has 2 N–H and O–H groups in total. The zero-order valence-electron chi connectivity index (χ0n) is 9.45. The van der Waals surface area contributed by atoms with E-state index in [1.165, 1.54) is 6.07 Å². The van der Waals surface area contributed by atoms with Gasteiger partial charge in [0.15, 0.2) is 16.8 Å². The van der Waals surface area contributed by atoms with Gasteiger partial charge in [0.2, 0.25) is 12.2 Å². The number of fused-ring (bicyclic) bond motifs is 1. The van der Waals surface area contributed by atoms with Gasteiger partial charge in [-0.3, -0.25) is 9.59 Å². The number of rotatable bonds is 3. The molecule has 0 fully saturated rings. The fourth-order valence-electron chi connectivity index (χ4n) is 1.73. The number of aromatic amines is 1. The second-order valence-corrected chi connectivity index (χ2v) is 3.65. The van der Waals surface area contributed by atoms with Gasteiger partial charge in [-0.15, -0.1) is 10.2 Å². The number of nitrogens with one attached hydrogen (secondary N) is 2. The van der Waals surface area contributed by atoms with Crippen LogP contribution in [0.4, 0.5) is 5.69 Å². The number of carbonyl (C=O) groups is 1. The van der Waals surface area contributed by atoms with Crippen molar-refractivity contribution in [2.24, 2.45) is 0 Å². The Bertz CT molecular complexity index is 794. The molecule has 0 atom stereocenters. The molecule has 1 aromatic carbocycles. The van der Waals surface area contributed by atoms with Crippen molar-refractivity contribution in [1.82, 2.24) is 20.6 Å². The summed E-state index contributed by atoms with van der Waals surface area (Å²) in [5.41, 5.74) is 0.410. The number of para-hydroxylation sites is 1. The first-order valence-electron chi connectivity index (χ1n) is 5.30. The summed E-state index contributed by atoms with van der Waals surface area (Å²) < 4.78 is 5.56. The minimum absolute atomic E-state index is 0.167. The van der Waals surface area contributed by atoms with Crippen LogP contribution in [0.3, 0.4) is 0 Å². The molecule has 0 saturated carbocycles. The summed E-state index contributed by atoms with van der Waals surface area (Å²) in [5, 5.41) is 16.0. The molecule has 3 rings (SSSR count). The topological polar surface area (TPSA) is 114 Å². The summed E-state index contributed by atoms with van der Waals surface area (Å²) >= 11 is 0. The number of anilines is 1. The summed E-state index contributed by atoms with van der Waals surface area (Å²) in [6.45, 7) is 0. The van der Waals surface area contributed by atoms with Gasteiger partial charge < -0.3 is 9.73 Å². The Balaban J connectivity index is 2.31. The standard InChI is InChI=1S/C11H7N5O3/c17-5-12-7-3-1-2-6-8(18)4-9(19-10(6)7)11-13-15-16-14-11/h1-5H,(H,12,17)(H,13,14,15,16). The van der Waals surface area contributed by atoms with Crippen LogP contribution in [0.1, 0.15) is 0 Å². The van der Waals surface area contributed by atoms with E-state index in [-0.39, 0.29) is 22.6 Å². The Morgan fingerprint density at radius 2 is 2.26 bits per heavy atom. The Hall–Kier alpha value is -3.03. The molecule has 3 aromatic rings. The van der Waals surface area contributed by atoms with Crippen LogP contribution in [-0.4, -0.2) is 27.0 Å². The van der Waals surface area contributed by atoms with Crippen molar-refractivity contribution >= 4 is 23.1 Å². The first-order chi connectivity index (χ1) is 9.29. The van der Waals surface area contributed by atoms with Crippen molar-refractivity contribution in [3.8, 4) is 11.6 Å². The van der Waals surface area contributed by atoms with Gasteiger partial charge in [0.05, 0.1) is 11.1 Å². The van der Waals surface area contributed by atoms with Crippen LogP contribution < -0.4 is 10.7 Å². The molecular weight excluding hydrogens is 250 g/mol. The third kappa shape index (κ3) is 1.84. The maximum atomic E-state index is 12.0. The molecule has 2 aromatic heterocycles. The van der Waals surface area contributed by atoms with Crippen molar-refractivity contribution < 1.29 is 9.21 Å². The van der Waals surface area contributed by atoms with Gasteiger partial charge in [-0.1, -0.05) is 6.07 Å². The van der Waals surface area contributed by atoms with Gasteiger partial charge in [0.1, 0.15) is 0 Å². The van der Waals surface area contributed by atoms with Gasteiger partial charge in [0, 0.05) is 6.07 Å². The molecule has 8 heteroatoms. The number of hydrogen-bond donors (Lipinski definition) is 2. The minimum Gasteiger partial charge on any atom is -0.450 e. The highest BCUT2D eigenvalue weighted by molar-refractivity contribution is 5.93. The summed E-state index contributed by atoms with van der Waals surface area (Å²) in [6.07, 6.45) is 0.510. The average molecular weight is 257 g/mol. The number of amides is 1.